The molecule has 0 atom stereocenters. The van der Waals surface area contributed by atoms with Crippen LogP contribution in [0.1, 0.15) is 60.8 Å². The van der Waals surface area contributed by atoms with Gasteiger partial charge in [0, 0.05) is 0 Å². The van der Waals surface area contributed by atoms with Crippen molar-refractivity contribution in [3.8, 4) is 0 Å². The summed E-state index contributed by atoms with van der Waals surface area (Å²) in [6, 6.07) is 42.7. The van der Waals surface area contributed by atoms with E-state index in [9.17, 15) is 9.59 Å². The van der Waals surface area contributed by atoms with Gasteiger partial charge < -0.3 is 0 Å². The average Bonchev–Trinajstić information content (AvgIpc) is 4.10. The molecule has 0 unspecified atom stereocenters. The normalized spacial score (nSPS) is 18.3. The Morgan fingerprint density at radius 2 is 0.738 bits per heavy atom. The van der Waals surface area contributed by atoms with E-state index >= 15 is 17.6 Å². The van der Waals surface area contributed by atoms with Gasteiger partial charge in [0.05, 0.1) is 0 Å². The number of halogens is 4. The summed E-state index contributed by atoms with van der Waals surface area (Å²) in [5.74, 6) is -4.68. The van der Waals surface area contributed by atoms with Gasteiger partial charge in [0.2, 0.25) is 0 Å². The number of rotatable bonds is 10. The van der Waals surface area contributed by atoms with Crippen LogP contribution < -0.4 is 17.5 Å². The Kier molecular flexibility index (Phi) is 11.3. The molecule has 2 fully saturated rings. The van der Waals surface area contributed by atoms with Gasteiger partial charge in [-0.25, -0.2) is 0 Å². The number of hydrogen-bond donors (Lipinski definition) is 0. The van der Waals surface area contributed by atoms with Crippen molar-refractivity contribution < 1.29 is 43.7 Å². The second kappa shape index (κ2) is 17.2. The summed E-state index contributed by atoms with van der Waals surface area (Å²) in [4.78, 5) is 32.3. The van der Waals surface area contributed by atoms with Gasteiger partial charge >= 0.3 is 382 Å². The molecule has 9 heteroatoms. The van der Waals surface area contributed by atoms with Crippen LogP contribution in [0, 0.1) is 23.3 Å². The van der Waals surface area contributed by atoms with Crippen molar-refractivity contribution in [1.82, 2.24) is 0 Å². The summed E-state index contributed by atoms with van der Waals surface area (Å²) in [5.41, 5.74) is 0.255. The fraction of sp³-hybridized carbons (Fsp3) is 0.179. The Labute approximate surface area is 380 Å². The van der Waals surface area contributed by atoms with E-state index < -0.39 is 67.1 Å². The minimum absolute atomic E-state index is 0.113. The van der Waals surface area contributed by atoms with Crippen molar-refractivity contribution in [2.45, 2.75) is 58.0 Å². The molecule has 4 nitrogen and oxygen atoms in total. The van der Waals surface area contributed by atoms with E-state index in [2.05, 4.69) is 0 Å². The van der Waals surface area contributed by atoms with Gasteiger partial charge in [0.25, 0.3) is 0 Å². The molecule has 2 heterocycles. The zero-order valence-corrected chi connectivity index (χ0v) is 37.2. The van der Waals surface area contributed by atoms with Crippen LogP contribution >= 0.6 is 0 Å². The molecule has 0 aromatic heterocycles. The van der Waals surface area contributed by atoms with Gasteiger partial charge in [0.1, 0.15) is 0 Å². The van der Waals surface area contributed by atoms with Gasteiger partial charge in [-0.15, -0.1) is 0 Å². The molecule has 10 rings (SSSR count). The van der Waals surface area contributed by atoms with Crippen LogP contribution in [0.15, 0.2) is 194 Å². The van der Waals surface area contributed by atoms with Gasteiger partial charge in [0.15, 0.2) is 0 Å². The number of hydrogen-bond acceptors (Lipinski definition) is 2. The third-order valence-electron chi connectivity index (χ3n) is 14.1. The average molecular weight is 903 g/mol. The molecule has 0 saturated carbocycles. The quantitative estimate of drug-likeness (QED) is 0.102. The van der Waals surface area contributed by atoms with Crippen LogP contribution in [0.5, 0.6) is 0 Å². The first kappa shape index (κ1) is 42.6. The van der Waals surface area contributed by atoms with E-state index in [0.29, 0.717) is 25.7 Å². The number of carbonyl (C=O) groups is 2. The van der Waals surface area contributed by atoms with Crippen LogP contribution in [-0.2, 0) is 37.3 Å². The first-order chi connectivity index (χ1) is 31.7. The maximum atomic E-state index is 18.9. The minimum atomic E-state index is -5.48. The van der Waals surface area contributed by atoms with Gasteiger partial charge in [-0.1, -0.05) is 0 Å². The molecule has 6 aromatic rings. The zero-order valence-electron chi connectivity index (χ0n) is 35.6. The number of allylic oxidation sites excluding steroid dienone is 8. The molecular weight excluding hydrogens is 856 g/mol. The van der Waals surface area contributed by atoms with Crippen LogP contribution in [0.2, 0.25) is 8.45 Å². The summed E-state index contributed by atoms with van der Waals surface area (Å²) < 4.78 is 70.7. The first-order valence-electron chi connectivity index (χ1n) is 22.3. The summed E-state index contributed by atoms with van der Waals surface area (Å²) in [5, 5.41) is 0. The molecule has 65 heavy (non-hydrogen) atoms. The van der Waals surface area contributed by atoms with Gasteiger partial charge in [-0.3, -0.25) is 0 Å². The number of anilines is 2. The molecule has 0 N–H and O–H groups in total. The molecule has 0 bridgehead atoms. The van der Waals surface area contributed by atoms with Gasteiger partial charge in [-0.05, 0) is 0 Å². The van der Waals surface area contributed by atoms with Crippen LogP contribution in [0.4, 0.5) is 28.9 Å². The van der Waals surface area contributed by atoms with E-state index in [1.807, 2.05) is 121 Å². The van der Waals surface area contributed by atoms with Crippen molar-refractivity contribution >= 4 is 30.9 Å². The monoisotopic (exact) mass is 902 g/mol. The Morgan fingerprint density at radius 3 is 1.05 bits per heavy atom. The molecule has 0 spiro atoms. The molecule has 2 aliphatic carbocycles. The number of nitrogens with zero attached hydrogens (tertiary/aromatic N) is 2. The van der Waals surface area contributed by atoms with Crippen LogP contribution in [0.25, 0.3) is 0 Å². The number of piperidine rings is 2. The van der Waals surface area contributed by atoms with E-state index in [-0.39, 0.29) is 36.0 Å². The van der Waals surface area contributed by atoms with Gasteiger partial charge in [-0.2, -0.15) is 0 Å². The molecule has 324 valence electrons. The van der Waals surface area contributed by atoms with Crippen LogP contribution in [-0.4, -0.2) is 11.8 Å². The number of carbonyl (C=O) groups excluding carboxylic acids is 2. The molecule has 2 aliphatic heterocycles. The summed E-state index contributed by atoms with van der Waals surface area (Å²) in [6.45, 7) is 0. The molecule has 4 aliphatic rings. The molecule has 0 radical (unpaired) electrons. The van der Waals surface area contributed by atoms with E-state index in [0.717, 1.165) is 34.4 Å². The fourth-order valence-corrected chi connectivity index (χ4v) is 20.3. The van der Waals surface area contributed by atoms with Crippen molar-refractivity contribution in [2.24, 2.45) is 0 Å². The van der Waals surface area contributed by atoms with Crippen molar-refractivity contribution in [1.29, 1.82) is 0 Å². The molecule has 2 saturated heterocycles. The third-order valence-corrected chi connectivity index (χ3v) is 22.6. The Balaban J connectivity index is 1.27. The number of benzene rings is 6. The van der Waals surface area contributed by atoms with E-state index in [4.69, 9.17) is 0 Å². The summed E-state index contributed by atoms with van der Waals surface area (Å²) in [6.07, 6.45) is 16.3. The second-order valence-corrected chi connectivity index (χ2v) is 23.7. The van der Waals surface area contributed by atoms with Crippen molar-refractivity contribution in [2.75, 3.05) is 9.80 Å². The predicted octanol–water partition coefficient (Wildman–Crippen LogP) is 12.1. The Hall–Kier alpha value is -6.35. The number of amides is 2. The Morgan fingerprint density at radius 1 is 0.431 bits per heavy atom. The predicted molar refractivity (Wildman–Crippen MR) is 246 cm³/mol. The van der Waals surface area contributed by atoms with Crippen molar-refractivity contribution in [3.05, 3.63) is 240 Å². The molecular formula is C56H46F4N2O2Ti. The second-order valence-electron chi connectivity index (χ2n) is 17.3. The summed E-state index contributed by atoms with van der Waals surface area (Å²) in [7, 11) is 0. The van der Waals surface area contributed by atoms with E-state index in [1.165, 1.54) is 21.9 Å². The van der Waals surface area contributed by atoms with Crippen molar-refractivity contribution in [3.63, 3.8) is 0 Å². The standard InChI is InChI=1S/2C23H18F2NO.2C5H5.Ti/c2*24-19-13-14-21(20(25)16-19)26-22(27)12-7-15-23(26,17-8-3-1-4-9-17)18-10-5-2-6-11-18;2*1-2-4-5-3-1;/h2*1-6,8-11,13-14H,7,12,15H2;2*1-5H;. The Bertz CT molecular complexity index is 2600. The molecule has 2 amide bonds. The first-order valence-corrected chi connectivity index (χ1v) is 25.7. The van der Waals surface area contributed by atoms with E-state index in [1.54, 1.807) is 48.6 Å². The zero-order chi connectivity index (χ0) is 44.8. The fourth-order valence-electron chi connectivity index (χ4n) is 11.5. The summed E-state index contributed by atoms with van der Waals surface area (Å²) >= 11 is -5.48. The topological polar surface area (TPSA) is 40.6 Å². The van der Waals surface area contributed by atoms with Crippen LogP contribution in [0.3, 0.4) is 0 Å². The SMILES string of the molecule is O=C1CCCC(c2ccccc2)(c2ccccc2)N1c1ccc(F)[c]([Ti]([c]2c(F)ccc(N3C(=O)CCCC3(c3ccccc3)c3ccccc3)c2F)([CH]2C=CC=C2)[CH]2C=CC=C2)c1F. The maximum absolute atomic E-state index is 18.9. The molecule has 6 aromatic carbocycles. The third kappa shape index (κ3) is 6.67.